The van der Waals surface area contributed by atoms with Gasteiger partial charge in [0.2, 0.25) is 0 Å². The van der Waals surface area contributed by atoms with E-state index in [-0.39, 0.29) is 0 Å². The Morgan fingerprint density at radius 3 is 3.29 bits per heavy atom. The highest BCUT2D eigenvalue weighted by atomic mass is 32.1. The van der Waals surface area contributed by atoms with Crippen molar-refractivity contribution in [1.29, 1.82) is 0 Å². The van der Waals surface area contributed by atoms with Crippen LogP contribution in [0.15, 0.2) is 23.6 Å². The first-order valence-corrected chi connectivity index (χ1v) is 5.89. The normalized spacial score (nSPS) is 24.5. The van der Waals surface area contributed by atoms with E-state index in [1.165, 1.54) is 17.8 Å². The summed E-state index contributed by atoms with van der Waals surface area (Å²) in [7, 11) is 2.16. The zero-order valence-corrected chi connectivity index (χ0v) is 9.26. The maximum absolute atomic E-state index is 3.48. The summed E-state index contributed by atoms with van der Waals surface area (Å²) in [6.07, 6.45) is 6.10. The molecule has 1 aromatic heterocycles. The number of likely N-dealkylation sites (N-methyl/N-ethyl adjacent to an activating group) is 1. The topological polar surface area (TPSA) is 15.3 Å². The van der Waals surface area contributed by atoms with Crippen LogP contribution in [-0.4, -0.2) is 31.2 Å². The van der Waals surface area contributed by atoms with E-state index in [0.29, 0.717) is 6.17 Å². The van der Waals surface area contributed by atoms with E-state index in [4.69, 9.17) is 0 Å². The first kappa shape index (κ1) is 9.90. The van der Waals surface area contributed by atoms with Gasteiger partial charge in [0.1, 0.15) is 0 Å². The van der Waals surface area contributed by atoms with Gasteiger partial charge in [0.15, 0.2) is 0 Å². The summed E-state index contributed by atoms with van der Waals surface area (Å²) in [6.45, 7) is 2.32. The van der Waals surface area contributed by atoms with Crippen LogP contribution in [-0.2, 0) is 0 Å². The Hall–Kier alpha value is -0.640. The second-order valence-electron chi connectivity index (χ2n) is 3.61. The van der Waals surface area contributed by atoms with Crippen LogP contribution in [0, 0.1) is 0 Å². The van der Waals surface area contributed by atoms with Gasteiger partial charge in [0.25, 0.3) is 0 Å². The summed E-state index contributed by atoms with van der Waals surface area (Å²) in [5.74, 6) is 0. The third-order valence-electron chi connectivity index (χ3n) is 2.50. The second-order valence-corrected chi connectivity index (χ2v) is 4.59. The standard InChI is InChI=1S/C11H16N2S/c1-13-8-3-7-12-11(13)6-5-10-4-2-9-14-10/h2,4-6,9,11-12H,3,7-8H2,1H3. The Labute approximate surface area is 89.2 Å². The van der Waals surface area contributed by atoms with Crippen molar-refractivity contribution in [3.05, 3.63) is 28.5 Å². The van der Waals surface area contributed by atoms with E-state index in [9.17, 15) is 0 Å². The highest BCUT2D eigenvalue weighted by Crippen LogP contribution is 2.12. The summed E-state index contributed by atoms with van der Waals surface area (Å²) in [4.78, 5) is 3.67. The van der Waals surface area contributed by atoms with Crippen LogP contribution >= 0.6 is 11.3 Å². The molecule has 2 rings (SSSR count). The lowest BCUT2D eigenvalue weighted by atomic mass is 10.2. The lowest BCUT2D eigenvalue weighted by Gasteiger charge is -2.31. The predicted octanol–water partition coefficient (Wildman–Crippen LogP) is 2.01. The van der Waals surface area contributed by atoms with Crippen LogP contribution in [0.25, 0.3) is 6.08 Å². The molecule has 76 valence electrons. The third kappa shape index (κ3) is 2.44. The van der Waals surface area contributed by atoms with Crippen LogP contribution in [0.3, 0.4) is 0 Å². The van der Waals surface area contributed by atoms with Crippen LogP contribution in [0.4, 0.5) is 0 Å². The molecule has 0 saturated carbocycles. The first-order valence-electron chi connectivity index (χ1n) is 5.01. The van der Waals surface area contributed by atoms with Gasteiger partial charge in [-0.2, -0.15) is 0 Å². The first-order chi connectivity index (χ1) is 6.86. The largest absolute Gasteiger partial charge is 0.298 e. The van der Waals surface area contributed by atoms with E-state index >= 15 is 0 Å². The molecule has 0 amide bonds. The smallest absolute Gasteiger partial charge is 0.0790 e. The van der Waals surface area contributed by atoms with E-state index in [2.05, 4.69) is 46.9 Å². The number of hydrogen-bond donors (Lipinski definition) is 1. The van der Waals surface area contributed by atoms with Crippen LogP contribution in [0.5, 0.6) is 0 Å². The number of nitrogens with one attached hydrogen (secondary N) is 1. The van der Waals surface area contributed by atoms with Crippen molar-refractivity contribution in [1.82, 2.24) is 10.2 Å². The van der Waals surface area contributed by atoms with Crippen molar-refractivity contribution in [3.63, 3.8) is 0 Å². The minimum absolute atomic E-state index is 0.408. The minimum Gasteiger partial charge on any atom is -0.298 e. The van der Waals surface area contributed by atoms with E-state index < -0.39 is 0 Å². The second kappa shape index (κ2) is 4.73. The predicted molar refractivity (Wildman–Crippen MR) is 62.4 cm³/mol. The van der Waals surface area contributed by atoms with Gasteiger partial charge in [-0.05, 0) is 37.5 Å². The highest BCUT2D eigenvalue weighted by molar-refractivity contribution is 7.10. The molecule has 1 atom stereocenters. The molecule has 0 bridgehead atoms. The summed E-state index contributed by atoms with van der Waals surface area (Å²) in [6, 6.07) is 4.23. The Morgan fingerprint density at radius 2 is 2.57 bits per heavy atom. The number of thiophene rings is 1. The van der Waals surface area contributed by atoms with Crippen molar-refractivity contribution in [2.45, 2.75) is 12.6 Å². The summed E-state index contributed by atoms with van der Waals surface area (Å²) in [5.41, 5.74) is 0. The summed E-state index contributed by atoms with van der Waals surface area (Å²) < 4.78 is 0. The average molecular weight is 208 g/mol. The molecule has 1 fully saturated rings. The van der Waals surface area contributed by atoms with Crippen molar-refractivity contribution in [2.24, 2.45) is 0 Å². The molecule has 14 heavy (non-hydrogen) atoms. The van der Waals surface area contributed by atoms with Crippen molar-refractivity contribution in [2.75, 3.05) is 20.1 Å². The molecule has 1 aliphatic rings. The molecular formula is C11H16N2S. The SMILES string of the molecule is CN1CCCNC1C=Cc1cccs1. The van der Waals surface area contributed by atoms with Gasteiger partial charge in [0.05, 0.1) is 6.17 Å². The monoisotopic (exact) mass is 208 g/mol. The molecule has 1 unspecified atom stereocenters. The summed E-state index contributed by atoms with van der Waals surface area (Å²) >= 11 is 1.78. The highest BCUT2D eigenvalue weighted by Gasteiger charge is 2.14. The summed E-state index contributed by atoms with van der Waals surface area (Å²) in [5, 5.41) is 5.58. The van der Waals surface area contributed by atoms with Crippen molar-refractivity contribution < 1.29 is 0 Å². The molecule has 1 N–H and O–H groups in total. The molecule has 1 aliphatic heterocycles. The third-order valence-corrected chi connectivity index (χ3v) is 3.34. The fraction of sp³-hybridized carbons (Fsp3) is 0.455. The van der Waals surface area contributed by atoms with Gasteiger partial charge in [0, 0.05) is 11.4 Å². The van der Waals surface area contributed by atoms with E-state index in [0.717, 1.165) is 6.54 Å². The Kier molecular flexibility index (Phi) is 3.35. The van der Waals surface area contributed by atoms with Crippen LogP contribution < -0.4 is 5.32 Å². The molecule has 0 spiro atoms. The van der Waals surface area contributed by atoms with Crippen LogP contribution in [0.1, 0.15) is 11.3 Å². The number of hydrogen-bond acceptors (Lipinski definition) is 3. The molecule has 0 aliphatic carbocycles. The lowest BCUT2D eigenvalue weighted by Crippen LogP contribution is -2.47. The fourth-order valence-corrected chi connectivity index (χ4v) is 2.29. The minimum atomic E-state index is 0.408. The molecule has 1 aromatic rings. The molecule has 0 radical (unpaired) electrons. The molecule has 0 aromatic carbocycles. The number of rotatable bonds is 2. The molecule has 1 saturated heterocycles. The van der Waals surface area contributed by atoms with Gasteiger partial charge < -0.3 is 0 Å². The van der Waals surface area contributed by atoms with Gasteiger partial charge in [-0.1, -0.05) is 12.1 Å². The zero-order valence-electron chi connectivity index (χ0n) is 8.44. The van der Waals surface area contributed by atoms with Gasteiger partial charge >= 0.3 is 0 Å². The van der Waals surface area contributed by atoms with Gasteiger partial charge in [-0.3, -0.25) is 10.2 Å². The Balaban J connectivity index is 1.95. The Bertz CT molecular complexity index is 292. The maximum atomic E-state index is 3.48. The van der Waals surface area contributed by atoms with E-state index in [1.54, 1.807) is 11.3 Å². The lowest BCUT2D eigenvalue weighted by molar-refractivity contribution is 0.204. The molecule has 2 heterocycles. The number of nitrogens with zero attached hydrogens (tertiary/aromatic N) is 1. The average Bonchev–Trinajstić information content (AvgIpc) is 2.69. The van der Waals surface area contributed by atoms with Crippen molar-refractivity contribution >= 4 is 17.4 Å². The molecule has 3 heteroatoms. The fourth-order valence-electron chi connectivity index (χ4n) is 1.66. The maximum Gasteiger partial charge on any atom is 0.0790 e. The van der Waals surface area contributed by atoms with Crippen LogP contribution in [0.2, 0.25) is 0 Å². The molecule has 2 nitrogen and oxygen atoms in total. The van der Waals surface area contributed by atoms with E-state index in [1.807, 2.05) is 0 Å². The zero-order chi connectivity index (χ0) is 9.80. The van der Waals surface area contributed by atoms with Crippen molar-refractivity contribution in [3.8, 4) is 0 Å². The Morgan fingerprint density at radius 1 is 1.64 bits per heavy atom. The van der Waals surface area contributed by atoms with Gasteiger partial charge in [-0.15, -0.1) is 11.3 Å². The quantitative estimate of drug-likeness (QED) is 0.800. The molecular weight excluding hydrogens is 192 g/mol. The van der Waals surface area contributed by atoms with Gasteiger partial charge in [-0.25, -0.2) is 0 Å².